The fourth-order valence-corrected chi connectivity index (χ4v) is 4.33. The number of hydrogen-bond acceptors (Lipinski definition) is 3. The maximum atomic E-state index is 13.4. The lowest BCUT2D eigenvalue weighted by atomic mass is 9.97. The Morgan fingerprint density at radius 1 is 1.10 bits per heavy atom. The Bertz CT molecular complexity index is 1250. The molecule has 1 N–H and O–H groups in total. The lowest BCUT2D eigenvalue weighted by molar-refractivity contribution is 0.0950. The summed E-state index contributed by atoms with van der Waals surface area (Å²) >= 11 is 0. The average molecular weight is 396 g/mol. The third-order valence-electron chi connectivity index (χ3n) is 6.26. The molecule has 4 aromatic rings. The molecule has 2 aromatic heterocycles. The smallest absolute Gasteiger partial charge is 0.252 e. The fraction of sp³-hybridized carbons (Fsp3) is 0.240. The van der Waals surface area contributed by atoms with Gasteiger partial charge in [-0.2, -0.15) is 5.10 Å². The number of carbonyl (C=O) groups excluding carboxylic acids is 1. The Balaban J connectivity index is 1.53. The highest BCUT2D eigenvalue weighted by molar-refractivity contribution is 6.07. The van der Waals surface area contributed by atoms with Gasteiger partial charge in [-0.25, -0.2) is 4.98 Å². The quantitative estimate of drug-likeness (QED) is 0.556. The highest BCUT2D eigenvalue weighted by atomic mass is 16.1. The molecule has 0 spiro atoms. The van der Waals surface area contributed by atoms with Crippen molar-refractivity contribution in [3.05, 3.63) is 83.6 Å². The minimum Gasteiger partial charge on any atom is -0.348 e. The van der Waals surface area contributed by atoms with E-state index in [9.17, 15) is 4.79 Å². The van der Waals surface area contributed by atoms with Gasteiger partial charge in [-0.05, 0) is 25.0 Å². The summed E-state index contributed by atoms with van der Waals surface area (Å²) in [6.07, 6.45) is 0.939. The molecule has 30 heavy (non-hydrogen) atoms. The van der Waals surface area contributed by atoms with Gasteiger partial charge in [-0.3, -0.25) is 9.48 Å². The van der Waals surface area contributed by atoms with Crippen molar-refractivity contribution in [2.75, 3.05) is 0 Å². The number of aryl methyl sites for hydroxylation is 2. The second kappa shape index (κ2) is 6.80. The Kier molecular flexibility index (Phi) is 4.21. The molecule has 1 aliphatic rings. The van der Waals surface area contributed by atoms with Crippen molar-refractivity contribution in [3.63, 3.8) is 0 Å². The van der Waals surface area contributed by atoms with Gasteiger partial charge in [0.05, 0.1) is 22.3 Å². The van der Waals surface area contributed by atoms with Crippen LogP contribution in [0.25, 0.3) is 22.3 Å². The second-order valence-electron chi connectivity index (χ2n) is 8.34. The van der Waals surface area contributed by atoms with E-state index in [0.717, 1.165) is 34.4 Å². The van der Waals surface area contributed by atoms with Crippen molar-refractivity contribution in [2.24, 2.45) is 7.05 Å². The molecule has 5 heteroatoms. The van der Waals surface area contributed by atoms with Crippen LogP contribution in [0.2, 0.25) is 0 Å². The number of carbonyl (C=O) groups is 1. The molecule has 0 radical (unpaired) electrons. The van der Waals surface area contributed by atoms with E-state index in [4.69, 9.17) is 4.98 Å². The van der Waals surface area contributed by atoms with Crippen LogP contribution in [-0.2, 0) is 12.5 Å². The first-order valence-electron chi connectivity index (χ1n) is 10.2. The molecule has 2 unspecified atom stereocenters. The third-order valence-corrected chi connectivity index (χ3v) is 6.26. The first-order valence-corrected chi connectivity index (χ1v) is 10.2. The Morgan fingerprint density at radius 3 is 2.47 bits per heavy atom. The molecule has 0 aliphatic heterocycles. The summed E-state index contributed by atoms with van der Waals surface area (Å²) in [5.41, 5.74) is 5.16. The van der Waals surface area contributed by atoms with Crippen molar-refractivity contribution in [2.45, 2.75) is 31.7 Å². The minimum absolute atomic E-state index is 0.0185. The predicted octanol–water partition coefficient (Wildman–Crippen LogP) is 4.40. The van der Waals surface area contributed by atoms with Crippen LogP contribution in [0.5, 0.6) is 0 Å². The van der Waals surface area contributed by atoms with E-state index in [1.807, 2.05) is 56.4 Å². The summed E-state index contributed by atoms with van der Waals surface area (Å²) in [7, 11) is 1.87. The van der Waals surface area contributed by atoms with Crippen molar-refractivity contribution >= 4 is 16.9 Å². The summed E-state index contributed by atoms with van der Waals surface area (Å²) in [5.74, 6) is -0.0691. The monoisotopic (exact) mass is 396 g/mol. The van der Waals surface area contributed by atoms with Crippen LogP contribution >= 0.6 is 0 Å². The molecule has 5 nitrogen and oxygen atoms in total. The number of aromatic nitrogens is 3. The zero-order valence-electron chi connectivity index (χ0n) is 17.4. The van der Waals surface area contributed by atoms with Gasteiger partial charge < -0.3 is 5.32 Å². The maximum Gasteiger partial charge on any atom is 0.252 e. The summed E-state index contributed by atoms with van der Waals surface area (Å²) < 4.78 is 1.75. The average Bonchev–Trinajstić information content (AvgIpc) is 3.34. The van der Waals surface area contributed by atoms with Crippen LogP contribution in [0.1, 0.15) is 35.0 Å². The van der Waals surface area contributed by atoms with E-state index in [-0.39, 0.29) is 17.4 Å². The molecule has 1 fully saturated rings. The van der Waals surface area contributed by atoms with Gasteiger partial charge in [0.15, 0.2) is 5.65 Å². The van der Waals surface area contributed by atoms with Gasteiger partial charge in [0.25, 0.3) is 5.91 Å². The number of amides is 1. The zero-order chi connectivity index (χ0) is 20.9. The van der Waals surface area contributed by atoms with Crippen LogP contribution in [0.4, 0.5) is 0 Å². The molecule has 0 bridgehead atoms. The molecule has 0 saturated heterocycles. The number of nitrogens with zero attached hydrogens (tertiary/aromatic N) is 3. The van der Waals surface area contributed by atoms with Crippen LogP contribution < -0.4 is 5.32 Å². The number of fused-ring (bicyclic) bond motifs is 1. The molecular weight excluding hydrogens is 372 g/mol. The highest BCUT2D eigenvalue weighted by Gasteiger charge is 2.52. The number of nitrogens with one attached hydrogen (secondary N) is 1. The molecule has 1 saturated carbocycles. The number of pyridine rings is 1. The summed E-state index contributed by atoms with van der Waals surface area (Å²) in [5, 5.41) is 8.59. The molecule has 150 valence electrons. The highest BCUT2D eigenvalue weighted by Crippen LogP contribution is 2.48. The Labute approximate surface area is 175 Å². The van der Waals surface area contributed by atoms with Crippen molar-refractivity contribution in [3.8, 4) is 11.3 Å². The van der Waals surface area contributed by atoms with Gasteiger partial charge in [0, 0.05) is 24.1 Å². The normalized spacial score (nSPS) is 20.3. The van der Waals surface area contributed by atoms with Gasteiger partial charge >= 0.3 is 0 Å². The number of hydrogen-bond donors (Lipinski definition) is 1. The SMILES string of the molecule is Cc1nn(C)c2nc(-c3ccccc3)cc(C(=O)NC3CC3(C)c3ccccc3)c12. The second-order valence-corrected chi connectivity index (χ2v) is 8.34. The molecule has 5 rings (SSSR count). The Morgan fingerprint density at radius 2 is 1.77 bits per heavy atom. The topological polar surface area (TPSA) is 59.8 Å². The van der Waals surface area contributed by atoms with E-state index in [1.54, 1.807) is 4.68 Å². The lowest BCUT2D eigenvalue weighted by Gasteiger charge is -2.14. The summed E-state index contributed by atoms with van der Waals surface area (Å²) in [4.78, 5) is 18.2. The molecule has 2 heterocycles. The van der Waals surface area contributed by atoms with E-state index in [0.29, 0.717) is 5.56 Å². The van der Waals surface area contributed by atoms with E-state index >= 15 is 0 Å². The first kappa shape index (κ1) is 18.6. The standard InChI is InChI=1S/C25H24N4O/c1-16-22-19(24(30)27-21-15-25(21,2)18-12-8-5-9-13-18)14-20(17-10-6-4-7-11-17)26-23(22)29(3)28-16/h4-14,21H,15H2,1-3H3,(H,27,30). The van der Waals surface area contributed by atoms with E-state index in [2.05, 4.69) is 41.6 Å². The van der Waals surface area contributed by atoms with Gasteiger partial charge in [0.1, 0.15) is 0 Å². The molecule has 1 amide bonds. The van der Waals surface area contributed by atoms with Crippen molar-refractivity contribution in [1.29, 1.82) is 0 Å². The molecule has 2 aromatic carbocycles. The molecule has 2 atom stereocenters. The number of rotatable bonds is 4. The fourth-order valence-electron chi connectivity index (χ4n) is 4.33. The van der Waals surface area contributed by atoms with Crippen LogP contribution in [0, 0.1) is 6.92 Å². The number of benzene rings is 2. The largest absolute Gasteiger partial charge is 0.348 e. The van der Waals surface area contributed by atoms with Crippen molar-refractivity contribution in [1.82, 2.24) is 20.1 Å². The van der Waals surface area contributed by atoms with Crippen LogP contribution in [-0.4, -0.2) is 26.7 Å². The third kappa shape index (κ3) is 2.98. The van der Waals surface area contributed by atoms with E-state index in [1.165, 1.54) is 5.56 Å². The minimum atomic E-state index is -0.0691. The van der Waals surface area contributed by atoms with Crippen molar-refractivity contribution < 1.29 is 4.79 Å². The zero-order valence-corrected chi connectivity index (χ0v) is 17.4. The maximum absolute atomic E-state index is 13.4. The first-order chi connectivity index (χ1) is 14.5. The lowest BCUT2D eigenvalue weighted by Crippen LogP contribution is -2.30. The molecular formula is C25H24N4O. The van der Waals surface area contributed by atoms with Gasteiger partial charge in [0.2, 0.25) is 0 Å². The van der Waals surface area contributed by atoms with Gasteiger partial charge in [-0.15, -0.1) is 0 Å². The summed E-state index contributed by atoms with van der Waals surface area (Å²) in [6, 6.07) is 22.3. The van der Waals surface area contributed by atoms with Crippen LogP contribution in [0.3, 0.4) is 0 Å². The Hall–Kier alpha value is -3.47. The summed E-state index contributed by atoms with van der Waals surface area (Å²) in [6.45, 7) is 4.13. The molecule has 1 aliphatic carbocycles. The van der Waals surface area contributed by atoms with Gasteiger partial charge in [-0.1, -0.05) is 67.6 Å². The van der Waals surface area contributed by atoms with E-state index < -0.39 is 0 Å². The van der Waals surface area contributed by atoms with Crippen LogP contribution in [0.15, 0.2) is 66.7 Å². The predicted molar refractivity (Wildman–Crippen MR) is 118 cm³/mol.